The van der Waals surface area contributed by atoms with Gasteiger partial charge in [0.15, 0.2) is 6.19 Å². The second-order valence-electron chi connectivity index (χ2n) is 8.60. The van der Waals surface area contributed by atoms with Crippen molar-refractivity contribution >= 4 is 31.4 Å². The Labute approximate surface area is 238 Å². The van der Waals surface area contributed by atoms with Gasteiger partial charge in [-0.1, -0.05) is 60.7 Å². The summed E-state index contributed by atoms with van der Waals surface area (Å²) in [6.07, 6.45) is 1.95. The van der Waals surface area contributed by atoms with Crippen LogP contribution in [0.5, 0.6) is 5.75 Å². The molecule has 0 saturated carbocycles. The highest BCUT2D eigenvalue weighted by atomic mass is 32.2. The van der Waals surface area contributed by atoms with Gasteiger partial charge < -0.3 is 9.47 Å². The van der Waals surface area contributed by atoms with Gasteiger partial charge in [-0.05, 0) is 46.7 Å². The summed E-state index contributed by atoms with van der Waals surface area (Å²) < 4.78 is 67.5. The molecule has 0 spiro atoms. The number of rotatable bonds is 13. The largest absolute Gasteiger partial charge is 0.491 e. The molecule has 3 aromatic carbocycles. The summed E-state index contributed by atoms with van der Waals surface area (Å²) in [6, 6.07) is 22.7. The van der Waals surface area contributed by atoms with Gasteiger partial charge >= 0.3 is 0 Å². The first kappa shape index (κ1) is 29.3. The third kappa shape index (κ3) is 7.07. The summed E-state index contributed by atoms with van der Waals surface area (Å²) in [5.41, 5.74) is 3.15. The molecule has 0 atom stereocenters. The zero-order chi connectivity index (χ0) is 28.6. The minimum Gasteiger partial charge on any atom is -0.491 e. The van der Waals surface area contributed by atoms with Crippen molar-refractivity contribution in [1.82, 2.24) is 9.44 Å². The zero-order valence-corrected chi connectivity index (χ0v) is 24.0. The summed E-state index contributed by atoms with van der Waals surface area (Å²) in [4.78, 5) is -0.0727. The molecule has 0 amide bonds. The molecule has 1 aromatic heterocycles. The smallest absolute Gasteiger partial charge is 0.270 e. The Balaban J connectivity index is 1.62. The Kier molecular flexibility index (Phi) is 9.57. The maximum Gasteiger partial charge on any atom is 0.270 e. The van der Waals surface area contributed by atoms with Gasteiger partial charge in [0.1, 0.15) is 16.6 Å². The SMILES string of the molecule is COCCOc1cc(-c2ccccc2S(=O)(=O)NC#N)ccc1CNS(=O)(=O)c1sccc1Cc1ccccc1. The maximum absolute atomic E-state index is 13.3. The van der Waals surface area contributed by atoms with Crippen LogP contribution in [-0.4, -0.2) is 37.2 Å². The molecule has 208 valence electrons. The molecule has 0 bridgehead atoms. The molecular formula is C28H27N3O6S3. The van der Waals surface area contributed by atoms with Gasteiger partial charge in [0, 0.05) is 24.8 Å². The number of thiophene rings is 1. The van der Waals surface area contributed by atoms with Crippen LogP contribution in [-0.2, 0) is 37.7 Å². The number of benzene rings is 3. The fraction of sp³-hybridized carbons (Fsp3) is 0.179. The number of nitrogens with zero attached hydrogens (tertiary/aromatic N) is 1. The van der Waals surface area contributed by atoms with Crippen molar-refractivity contribution in [3.8, 4) is 23.1 Å². The highest BCUT2D eigenvalue weighted by Crippen LogP contribution is 2.32. The van der Waals surface area contributed by atoms with E-state index in [2.05, 4.69) is 4.72 Å². The summed E-state index contributed by atoms with van der Waals surface area (Å²) in [5, 5.41) is 10.6. The third-order valence-corrected chi connectivity index (χ3v) is 10.2. The monoisotopic (exact) mass is 597 g/mol. The van der Waals surface area contributed by atoms with Gasteiger partial charge in [-0.25, -0.2) is 26.3 Å². The number of methoxy groups -OCH3 is 1. The second kappa shape index (κ2) is 13.1. The highest BCUT2D eigenvalue weighted by Gasteiger charge is 2.22. The van der Waals surface area contributed by atoms with E-state index in [1.54, 1.807) is 41.8 Å². The van der Waals surface area contributed by atoms with E-state index in [4.69, 9.17) is 14.7 Å². The van der Waals surface area contributed by atoms with Crippen LogP contribution in [0.4, 0.5) is 0 Å². The molecule has 40 heavy (non-hydrogen) atoms. The van der Waals surface area contributed by atoms with Crippen molar-refractivity contribution in [2.75, 3.05) is 20.3 Å². The van der Waals surface area contributed by atoms with Gasteiger partial charge in [-0.3, -0.25) is 0 Å². The number of nitrogens with one attached hydrogen (secondary N) is 2. The number of hydrogen-bond donors (Lipinski definition) is 2. The molecule has 0 fully saturated rings. The number of ether oxygens (including phenoxy) is 2. The van der Waals surface area contributed by atoms with Gasteiger partial charge in [-0.2, -0.15) is 5.26 Å². The fourth-order valence-electron chi connectivity index (χ4n) is 4.03. The Morgan fingerprint density at radius 2 is 1.62 bits per heavy atom. The average Bonchev–Trinajstić information content (AvgIpc) is 3.42. The molecule has 4 aromatic rings. The number of sulfonamides is 2. The molecule has 0 unspecified atom stereocenters. The topological polar surface area (TPSA) is 135 Å². The Morgan fingerprint density at radius 1 is 0.875 bits per heavy atom. The molecule has 9 nitrogen and oxygen atoms in total. The number of hydrogen-bond acceptors (Lipinski definition) is 8. The first-order chi connectivity index (χ1) is 19.2. The molecule has 0 aliphatic carbocycles. The molecule has 0 saturated heterocycles. The fourth-order valence-corrected chi connectivity index (χ4v) is 7.46. The molecule has 1 heterocycles. The standard InChI is InChI=1S/C28H27N3O6S3/c1-36-14-15-37-26-18-22(25-9-5-6-10-27(25)39(32,33)31-20-29)11-12-24(26)19-30-40(34,35)28-23(13-16-38-28)17-21-7-3-2-4-8-21/h2-13,16,18,30-31H,14-15,17,19H2,1H3. The van der Waals surface area contributed by atoms with Crippen molar-refractivity contribution in [3.05, 3.63) is 101 Å². The molecule has 4 rings (SSSR count). The normalized spacial score (nSPS) is 11.6. The lowest BCUT2D eigenvalue weighted by Crippen LogP contribution is -2.24. The summed E-state index contributed by atoms with van der Waals surface area (Å²) in [7, 11) is -6.38. The van der Waals surface area contributed by atoms with Gasteiger partial charge in [0.25, 0.3) is 20.0 Å². The van der Waals surface area contributed by atoms with E-state index in [1.165, 1.54) is 19.4 Å². The predicted molar refractivity (Wildman–Crippen MR) is 153 cm³/mol. The van der Waals surface area contributed by atoms with Gasteiger partial charge in [0.05, 0.1) is 11.5 Å². The van der Waals surface area contributed by atoms with Crippen molar-refractivity contribution in [1.29, 1.82) is 5.26 Å². The molecule has 12 heteroatoms. The van der Waals surface area contributed by atoms with Crippen molar-refractivity contribution in [2.45, 2.75) is 22.1 Å². The van der Waals surface area contributed by atoms with Crippen molar-refractivity contribution in [2.24, 2.45) is 0 Å². The highest BCUT2D eigenvalue weighted by molar-refractivity contribution is 7.91. The van der Waals surface area contributed by atoms with Crippen LogP contribution < -0.4 is 14.2 Å². The van der Waals surface area contributed by atoms with E-state index in [-0.39, 0.29) is 22.3 Å². The number of nitriles is 1. The molecule has 0 aliphatic heterocycles. The Morgan fingerprint density at radius 3 is 2.38 bits per heavy atom. The third-order valence-electron chi connectivity index (χ3n) is 5.92. The van der Waals surface area contributed by atoms with Crippen LogP contribution in [0.15, 0.2) is 93.3 Å². The Hall–Kier alpha value is -3.73. The lowest BCUT2D eigenvalue weighted by molar-refractivity contribution is 0.146. The molecule has 0 aliphatic rings. The van der Waals surface area contributed by atoms with E-state index in [1.807, 2.05) is 41.1 Å². The first-order valence-electron chi connectivity index (χ1n) is 12.1. The van der Waals surface area contributed by atoms with Crippen LogP contribution in [0.25, 0.3) is 11.1 Å². The summed E-state index contributed by atoms with van der Waals surface area (Å²) >= 11 is 1.16. The Bertz CT molecular complexity index is 1710. The van der Waals surface area contributed by atoms with Crippen LogP contribution >= 0.6 is 11.3 Å². The molecule has 2 N–H and O–H groups in total. The van der Waals surface area contributed by atoms with E-state index < -0.39 is 20.0 Å². The van der Waals surface area contributed by atoms with Crippen LogP contribution in [0.2, 0.25) is 0 Å². The summed E-state index contributed by atoms with van der Waals surface area (Å²) in [6.45, 7) is 0.440. The first-order valence-corrected chi connectivity index (χ1v) is 15.9. The van der Waals surface area contributed by atoms with E-state index in [0.29, 0.717) is 41.0 Å². The zero-order valence-electron chi connectivity index (χ0n) is 21.5. The van der Waals surface area contributed by atoms with Gasteiger partial charge in [-0.15, -0.1) is 11.3 Å². The van der Waals surface area contributed by atoms with E-state index in [0.717, 1.165) is 16.9 Å². The minimum absolute atomic E-state index is 0.0520. The second-order valence-corrected chi connectivity index (χ2v) is 13.1. The maximum atomic E-state index is 13.3. The van der Waals surface area contributed by atoms with Crippen LogP contribution in [0, 0.1) is 11.5 Å². The van der Waals surface area contributed by atoms with E-state index in [9.17, 15) is 16.8 Å². The quantitative estimate of drug-likeness (QED) is 0.134. The average molecular weight is 598 g/mol. The molecule has 0 radical (unpaired) electrons. The van der Waals surface area contributed by atoms with Crippen LogP contribution in [0.3, 0.4) is 0 Å². The molecular weight excluding hydrogens is 571 g/mol. The lowest BCUT2D eigenvalue weighted by Gasteiger charge is -2.16. The van der Waals surface area contributed by atoms with E-state index >= 15 is 0 Å². The van der Waals surface area contributed by atoms with Crippen molar-refractivity contribution < 1.29 is 26.3 Å². The van der Waals surface area contributed by atoms with Gasteiger partial charge in [0.2, 0.25) is 0 Å². The predicted octanol–water partition coefficient (Wildman–Crippen LogP) is 4.27. The lowest BCUT2D eigenvalue weighted by atomic mass is 10.0. The van der Waals surface area contributed by atoms with Crippen LogP contribution in [0.1, 0.15) is 16.7 Å². The van der Waals surface area contributed by atoms with Crippen molar-refractivity contribution in [3.63, 3.8) is 0 Å². The summed E-state index contributed by atoms with van der Waals surface area (Å²) in [5.74, 6) is 0.369. The minimum atomic E-state index is -4.08.